The van der Waals surface area contributed by atoms with Gasteiger partial charge in [-0.3, -0.25) is 0 Å². The monoisotopic (exact) mass is 702 g/mol. The Hall–Kier alpha value is -1.10. The molecule has 3 aliphatic rings. The van der Waals surface area contributed by atoms with Crippen LogP contribution in [-0.2, 0) is 41.3 Å². The first-order valence-electron chi connectivity index (χ1n) is 16.9. The SMILES string of the molecule is CCOC(CBr)O[C@@H](C)[C@@H]1C[C@]2(O[Si](C)(C)C(C)(C)C)C[C@H]3[C@@H](O2)[C@H](OCc2ccccc2)[C@H](C)[C@@H](OCc2ccccc2)[C@@H]13. The van der Waals surface area contributed by atoms with Crippen molar-refractivity contribution in [2.75, 3.05) is 11.9 Å². The molecule has 45 heavy (non-hydrogen) atoms. The van der Waals surface area contributed by atoms with Crippen LogP contribution in [0.2, 0.25) is 18.1 Å². The fourth-order valence-corrected chi connectivity index (χ4v) is 9.48. The minimum absolute atomic E-state index is 0.0228. The summed E-state index contributed by atoms with van der Waals surface area (Å²) < 4.78 is 41.0. The first-order chi connectivity index (χ1) is 21.4. The second kappa shape index (κ2) is 14.6. The fourth-order valence-electron chi connectivity index (χ4n) is 7.69. The van der Waals surface area contributed by atoms with E-state index in [0.29, 0.717) is 25.2 Å². The lowest BCUT2D eigenvalue weighted by Gasteiger charge is -2.53. The molecule has 0 N–H and O–H groups in total. The number of rotatable bonds is 14. The molecule has 3 fully saturated rings. The van der Waals surface area contributed by atoms with Crippen LogP contribution in [0.5, 0.6) is 0 Å². The summed E-state index contributed by atoms with van der Waals surface area (Å²) in [6, 6.07) is 20.9. The van der Waals surface area contributed by atoms with E-state index in [9.17, 15) is 0 Å². The molecule has 0 aromatic heterocycles. The third-order valence-corrected chi connectivity index (χ3v) is 15.9. The van der Waals surface area contributed by atoms with Crippen molar-refractivity contribution in [2.24, 2.45) is 23.7 Å². The van der Waals surface area contributed by atoms with Crippen molar-refractivity contribution in [2.45, 2.75) is 122 Å². The quantitative estimate of drug-likeness (QED) is 0.112. The maximum absolute atomic E-state index is 7.32. The molecule has 1 aliphatic heterocycles. The largest absolute Gasteiger partial charge is 0.390 e. The zero-order valence-corrected chi connectivity index (χ0v) is 31.1. The normalized spacial score (nSPS) is 32.8. The summed E-state index contributed by atoms with van der Waals surface area (Å²) in [6.45, 7) is 19.8. The number of ether oxygens (including phenoxy) is 5. The first-order valence-corrected chi connectivity index (χ1v) is 20.9. The molecule has 250 valence electrons. The van der Waals surface area contributed by atoms with Crippen LogP contribution in [0.4, 0.5) is 0 Å². The lowest BCUT2D eigenvalue weighted by Crippen LogP contribution is -2.59. The van der Waals surface area contributed by atoms with Gasteiger partial charge in [-0.15, -0.1) is 0 Å². The zero-order chi connectivity index (χ0) is 32.4. The Kier molecular flexibility index (Phi) is 11.4. The molecule has 2 aliphatic carbocycles. The summed E-state index contributed by atoms with van der Waals surface area (Å²) >= 11 is 3.61. The van der Waals surface area contributed by atoms with Gasteiger partial charge in [-0.2, -0.15) is 0 Å². The van der Waals surface area contributed by atoms with E-state index in [-0.39, 0.29) is 59.4 Å². The van der Waals surface area contributed by atoms with Crippen molar-refractivity contribution >= 4 is 24.2 Å². The van der Waals surface area contributed by atoms with E-state index >= 15 is 0 Å². The Morgan fingerprint density at radius 3 is 2.04 bits per heavy atom. The van der Waals surface area contributed by atoms with Crippen molar-refractivity contribution in [1.82, 2.24) is 0 Å². The van der Waals surface area contributed by atoms with Crippen molar-refractivity contribution in [3.63, 3.8) is 0 Å². The smallest absolute Gasteiger partial charge is 0.195 e. The van der Waals surface area contributed by atoms with Crippen LogP contribution in [0.3, 0.4) is 0 Å². The Morgan fingerprint density at radius 2 is 1.51 bits per heavy atom. The van der Waals surface area contributed by atoms with E-state index in [4.69, 9.17) is 28.1 Å². The van der Waals surface area contributed by atoms with E-state index in [1.54, 1.807) is 0 Å². The van der Waals surface area contributed by atoms with E-state index in [1.807, 2.05) is 13.0 Å². The maximum Gasteiger partial charge on any atom is 0.195 e. The Bertz CT molecular complexity index is 1210. The molecule has 1 saturated heterocycles. The summed E-state index contributed by atoms with van der Waals surface area (Å²) in [5.41, 5.74) is 2.35. The third kappa shape index (κ3) is 7.80. The highest BCUT2D eigenvalue weighted by atomic mass is 79.9. The molecule has 0 spiro atoms. The van der Waals surface area contributed by atoms with Crippen LogP contribution in [0.1, 0.15) is 65.5 Å². The van der Waals surface area contributed by atoms with Gasteiger partial charge < -0.3 is 28.1 Å². The summed E-state index contributed by atoms with van der Waals surface area (Å²) in [4.78, 5) is 0. The molecular weight excluding hydrogens is 648 g/mol. The van der Waals surface area contributed by atoms with Gasteiger partial charge >= 0.3 is 0 Å². The molecule has 1 heterocycles. The molecule has 2 aromatic carbocycles. The van der Waals surface area contributed by atoms with Gasteiger partial charge in [0.2, 0.25) is 0 Å². The minimum Gasteiger partial charge on any atom is -0.390 e. The van der Waals surface area contributed by atoms with Crippen molar-refractivity contribution in [1.29, 1.82) is 0 Å². The minimum atomic E-state index is -2.18. The number of fused-ring (bicyclic) bond motifs is 1. The lowest BCUT2D eigenvalue weighted by atomic mass is 9.59. The van der Waals surface area contributed by atoms with Gasteiger partial charge in [-0.25, -0.2) is 0 Å². The zero-order valence-electron chi connectivity index (χ0n) is 28.5. The Balaban J connectivity index is 1.51. The van der Waals surface area contributed by atoms with E-state index in [0.717, 1.165) is 12.8 Å². The highest BCUT2D eigenvalue weighted by molar-refractivity contribution is 9.09. The molecule has 0 amide bonds. The van der Waals surface area contributed by atoms with Crippen LogP contribution in [-0.4, -0.2) is 56.7 Å². The van der Waals surface area contributed by atoms with Crippen LogP contribution < -0.4 is 0 Å². The van der Waals surface area contributed by atoms with Crippen molar-refractivity contribution in [3.8, 4) is 0 Å². The summed E-state index contributed by atoms with van der Waals surface area (Å²) in [7, 11) is -2.18. The molecule has 1 unspecified atom stereocenters. The predicted molar refractivity (Wildman–Crippen MR) is 185 cm³/mol. The Morgan fingerprint density at radius 1 is 0.933 bits per heavy atom. The highest BCUT2D eigenvalue weighted by Crippen LogP contribution is 2.61. The second-order valence-electron chi connectivity index (χ2n) is 14.9. The van der Waals surface area contributed by atoms with E-state index < -0.39 is 14.1 Å². The highest BCUT2D eigenvalue weighted by Gasteiger charge is 2.67. The van der Waals surface area contributed by atoms with Gasteiger partial charge in [-0.05, 0) is 60.9 Å². The van der Waals surface area contributed by atoms with Crippen LogP contribution in [0, 0.1) is 23.7 Å². The molecule has 6 nitrogen and oxygen atoms in total. The van der Waals surface area contributed by atoms with Crippen LogP contribution in [0.25, 0.3) is 0 Å². The van der Waals surface area contributed by atoms with Gasteiger partial charge in [0.15, 0.2) is 20.4 Å². The first kappa shape index (κ1) is 35.2. The van der Waals surface area contributed by atoms with E-state index in [1.165, 1.54) is 11.1 Å². The molecule has 2 saturated carbocycles. The number of hydrogen-bond donors (Lipinski definition) is 0. The van der Waals surface area contributed by atoms with Gasteiger partial charge in [0.05, 0.1) is 43.0 Å². The fraction of sp³-hybridized carbons (Fsp3) is 0.676. The molecule has 2 bridgehead atoms. The average molecular weight is 704 g/mol. The van der Waals surface area contributed by atoms with Crippen LogP contribution in [0.15, 0.2) is 60.7 Å². The van der Waals surface area contributed by atoms with Crippen LogP contribution >= 0.6 is 15.9 Å². The Labute approximate surface area is 281 Å². The van der Waals surface area contributed by atoms with Crippen molar-refractivity contribution in [3.05, 3.63) is 71.8 Å². The number of alkyl halides is 1. The summed E-state index contributed by atoms with van der Waals surface area (Å²) in [6.07, 6.45) is 1.01. The standard InChI is InChI=1S/C37H55BrO6Si/c1-9-39-31(22-38)42-26(3)29-20-37(44-45(7,8)36(4,5)6)21-30-32(29)33(40-23-27-16-12-10-13-17-27)25(2)34(35(30)43-37)41-24-28-18-14-11-15-19-28/h10-19,25-26,29-35H,9,20-24H2,1-8H3/t25-,26+,29+,30-,31?,32+,33-,34-,35-,37+/m1/s1. The van der Waals surface area contributed by atoms with Crippen molar-refractivity contribution < 1.29 is 28.1 Å². The lowest BCUT2D eigenvalue weighted by molar-refractivity contribution is -0.221. The summed E-state index contributed by atoms with van der Waals surface area (Å²) in [5, 5.41) is 0.678. The number of halogens is 1. The maximum atomic E-state index is 7.32. The van der Waals surface area contributed by atoms with Gasteiger partial charge in [-0.1, -0.05) is 104 Å². The number of benzene rings is 2. The average Bonchev–Trinajstić information content (AvgIpc) is 3.31. The molecule has 2 aromatic rings. The molecule has 5 rings (SSSR count). The van der Waals surface area contributed by atoms with Gasteiger partial charge in [0, 0.05) is 25.4 Å². The second-order valence-corrected chi connectivity index (χ2v) is 20.3. The molecule has 10 atom stereocenters. The summed E-state index contributed by atoms with van der Waals surface area (Å²) in [5.74, 6) is 0.0656. The third-order valence-electron chi connectivity index (χ3n) is 10.9. The molecule has 0 radical (unpaired) electrons. The van der Waals surface area contributed by atoms with Gasteiger partial charge in [0.1, 0.15) is 0 Å². The number of hydrogen-bond acceptors (Lipinski definition) is 6. The van der Waals surface area contributed by atoms with Gasteiger partial charge in [0.25, 0.3) is 0 Å². The van der Waals surface area contributed by atoms with E-state index in [2.05, 4.69) is 118 Å². The molecule has 8 heteroatoms. The molecular formula is C37H55BrO6Si. The predicted octanol–water partition coefficient (Wildman–Crippen LogP) is 8.73. The topological polar surface area (TPSA) is 55.4 Å².